The Balaban J connectivity index is 1.49. The molecule has 0 aliphatic carbocycles. The van der Waals surface area contributed by atoms with Gasteiger partial charge in [0.2, 0.25) is 11.8 Å². The molecule has 2 fully saturated rings. The summed E-state index contributed by atoms with van der Waals surface area (Å²) in [6, 6.07) is 5.65. The molecule has 0 aromatic heterocycles. The summed E-state index contributed by atoms with van der Waals surface area (Å²) in [5.41, 5.74) is 2.60. The van der Waals surface area contributed by atoms with Gasteiger partial charge in [0.25, 0.3) is 5.91 Å². The van der Waals surface area contributed by atoms with Gasteiger partial charge in [-0.15, -0.1) is 0 Å². The second kappa shape index (κ2) is 6.15. The van der Waals surface area contributed by atoms with E-state index in [0.29, 0.717) is 24.6 Å². The second-order valence-electron chi connectivity index (χ2n) is 7.16. The molecule has 3 heterocycles. The average molecular weight is 342 g/mol. The van der Waals surface area contributed by atoms with Gasteiger partial charge in [-0.05, 0) is 50.2 Å². The summed E-state index contributed by atoms with van der Waals surface area (Å²) in [6.45, 7) is 2.52. The van der Waals surface area contributed by atoms with Crippen LogP contribution >= 0.6 is 0 Å². The Hall–Kier alpha value is -2.41. The van der Waals surface area contributed by atoms with Gasteiger partial charge in [-0.3, -0.25) is 19.7 Å². The van der Waals surface area contributed by atoms with Crippen LogP contribution in [0.25, 0.3) is 0 Å². The molecule has 1 aromatic carbocycles. The number of imide groups is 1. The number of likely N-dealkylation sites (N-methyl/N-ethyl adjacent to an activating group) is 1. The number of hydrogen-bond acceptors (Lipinski definition) is 5. The van der Waals surface area contributed by atoms with Crippen LogP contribution < -0.4 is 10.6 Å². The Bertz CT molecular complexity index is 748. The Morgan fingerprint density at radius 3 is 2.76 bits per heavy atom. The number of hydrogen-bond donors (Lipinski definition) is 2. The Labute approximate surface area is 146 Å². The number of fused-ring (bicyclic) bond motifs is 1. The van der Waals surface area contributed by atoms with Crippen LogP contribution in [0.4, 0.5) is 5.69 Å². The van der Waals surface area contributed by atoms with Crippen molar-refractivity contribution in [3.05, 3.63) is 29.3 Å². The van der Waals surface area contributed by atoms with E-state index in [2.05, 4.69) is 22.6 Å². The topological polar surface area (TPSA) is 81.8 Å². The van der Waals surface area contributed by atoms with Crippen LogP contribution in [0, 0.1) is 0 Å². The highest BCUT2D eigenvalue weighted by molar-refractivity contribution is 6.05. The Morgan fingerprint density at radius 2 is 2.04 bits per heavy atom. The number of likely N-dealkylation sites (tertiary alicyclic amines) is 1. The van der Waals surface area contributed by atoms with E-state index in [9.17, 15) is 14.4 Å². The van der Waals surface area contributed by atoms with Crippen molar-refractivity contribution in [3.63, 3.8) is 0 Å². The van der Waals surface area contributed by atoms with E-state index >= 15 is 0 Å². The van der Waals surface area contributed by atoms with Crippen molar-refractivity contribution in [2.24, 2.45) is 0 Å². The predicted octanol–water partition coefficient (Wildman–Crippen LogP) is 0.564. The van der Waals surface area contributed by atoms with Crippen LogP contribution in [0.15, 0.2) is 18.2 Å². The van der Waals surface area contributed by atoms with Crippen molar-refractivity contribution in [2.45, 2.75) is 37.9 Å². The molecule has 0 saturated carbocycles. The van der Waals surface area contributed by atoms with Crippen LogP contribution in [0.2, 0.25) is 0 Å². The fraction of sp³-hybridized carbons (Fsp3) is 0.500. The second-order valence-corrected chi connectivity index (χ2v) is 7.16. The molecule has 0 spiro atoms. The zero-order chi connectivity index (χ0) is 17.6. The Morgan fingerprint density at radius 1 is 1.20 bits per heavy atom. The maximum absolute atomic E-state index is 12.7. The number of benzene rings is 1. The van der Waals surface area contributed by atoms with E-state index in [4.69, 9.17) is 0 Å². The SMILES string of the molecule is CN1CC[C@H](Nc2ccc3c(c2)CN(C2CCC(=O)NC2=O)C3=O)C1. The molecule has 2 N–H and O–H groups in total. The molecule has 132 valence electrons. The van der Waals surface area contributed by atoms with Crippen LogP contribution in [-0.4, -0.2) is 59.7 Å². The van der Waals surface area contributed by atoms with Crippen LogP contribution in [0.3, 0.4) is 0 Å². The maximum Gasteiger partial charge on any atom is 0.255 e. The van der Waals surface area contributed by atoms with E-state index in [1.165, 1.54) is 0 Å². The van der Waals surface area contributed by atoms with Gasteiger partial charge in [-0.1, -0.05) is 0 Å². The smallest absolute Gasteiger partial charge is 0.255 e. The average Bonchev–Trinajstić information content (AvgIpc) is 3.11. The fourth-order valence-electron chi connectivity index (χ4n) is 3.95. The molecule has 7 heteroatoms. The third-order valence-corrected chi connectivity index (χ3v) is 5.29. The minimum absolute atomic E-state index is 0.128. The highest BCUT2D eigenvalue weighted by atomic mass is 16.2. The predicted molar refractivity (Wildman–Crippen MR) is 92.0 cm³/mol. The number of amides is 3. The number of rotatable bonds is 3. The van der Waals surface area contributed by atoms with Crippen molar-refractivity contribution in [1.82, 2.24) is 15.1 Å². The lowest BCUT2D eigenvalue weighted by Gasteiger charge is -2.29. The van der Waals surface area contributed by atoms with Gasteiger partial charge in [-0.2, -0.15) is 0 Å². The summed E-state index contributed by atoms with van der Waals surface area (Å²) in [4.78, 5) is 39.9. The van der Waals surface area contributed by atoms with Gasteiger partial charge in [0.15, 0.2) is 0 Å². The number of nitrogens with one attached hydrogen (secondary N) is 2. The molecule has 4 rings (SSSR count). The normalized spacial score (nSPS) is 26.8. The van der Waals surface area contributed by atoms with E-state index in [1.807, 2.05) is 18.2 Å². The van der Waals surface area contributed by atoms with Crippen LogP contribution in [0.5, 0.6) is 0 Å². The summed E-state index contributed by atoms with van der Waals surface area (Å²) in [5, 5.41) is 5.86. The fourth-order valence-corrected chi connectivity index (χ4v) is 3.95. The highest BCUT2D eigenvalue weighted by Crippen LogP contribution is 2.30. The van der Waals surface area contributed by atoms with E-state index in [1.54, 1.807) is 4.90 Å². The summed E-state index contributed by atoms with van der Waals surface area (Å²) < 4.78 is 0. The summed E-state index contributed by atoms with van der Waals surface area (Å²) in [6.07, 6.45) is 1.78. The number of carbonyl (C=O) groups excluding carboxylic acids is 3. The number of nitrogens with zero attached hydrogens (tertiary/aromatic N) is 2. The minimum Gasteiger partial charge on any atom is -0.381 e. The molecule has 3 aliphatic heterocycles. The van der Waals surface area contributed by atoms with Crippen molar-refractivity contribution < 1.29 is 14.4 Å². The molecule has 3 aliphatic rings. The summed E-state index contributed by atoms with van der Waals surface area (Å²) in [5.74, 6) is -0.764. The standard InChI is InChI=1S/C18H22N4O3/c1-21-7-6-13(10-21)19-12-2-3-14-11(8-12)9-22(18(14)25)15-4-5-16(23)20-17(15)24/h2-3,8,13,15,19H,4-7,9-10H2,1H3,(H,20,23,24)/t13-,15?/m0/s1. The highest BCUT2D eigenvalue weighted by Gasteiger charge is 2.39. The quantitative estimate of drug-likeness (QED) is 0.785. The van der Waals surface area contributed by atoms with Gasteiger partial charge >= 0.3 is 0 Å². The number of carbonyl (C=O) groups is 3. The van der Waals surface area contributed by atoms with Gasteiger partial charge in [-0.25, -0.2) is 0 Å². The largest absolute Gasteiger partial charge is 0.381 e. The van der Waals surface area contributed by atoms with Crippen molar-refractivity contribution in [3.8, 4) is 0 Å². The van der Waals surface area contributed by atoms with Gasteiger partial charge < -0.3 is 15.1 Å². The van der Waals surface area contributed by atoms with E-state index in [-0.39, 0.29) is 24.1 Å². The molecule has 7 nitrogen and oxygen atoms in total. The monoisotopic (exact) mass is 342 g/mol. The van der Waals surface area contributed by atoms with Crippen molar-refractivity contribution >= 4 is 23.4 Å². The molecule has 2 atom stereocenters. The van der Waals surface area contributed by atoms with Gasteiger partial charge in [0.1, 0.15) is 6.04 Å². The maximum atomic E-state index is 12.7. The van der Waals surface area contributed by atoms with Gasteiger partial charge in [0, 0.05) is 36.8 Å². The number of piperidine rings is 1. The minimum atomic E-state index is -0.558. The lowest BCUT2D eigenvalue weighted by atomic mass is 10.0. The molecule has 1 unspecified atom stereocenters. The summed E-state index contributed by atoms with van der Waals surface area (Å²) in [7, 11) is 2.11. The number of anilines is 1. The third kappa shape index (κ3) is 3.00. The third-order valence-electron chi connectivity index (χ3n) is 5.29. The van der Waals surface area contributed by atoms with Gasteiger partial charge in [0.05, 0.1) is 0 Å². The molecular weight excluding hydrogens is 320 g/mol. The van der Waals surface area contributed by atoms with E-state index < -0.39 is 6.04 Å². The Kier molecular flexibility index (Phi) is 3.95. The zero-order valence-electron chi connectivity index (χ0n) is 14.2. The van der Waals surface area contributed by atoms with Crippen molar-refractivity contribution in [2.75, 3.05) is 25.5 Å². The molecule has 1 aromatic rings. The van der Waals surface area contributed by atoms with Crippen molar-refractivity contribution in [1.29, 1.82) is 0 Å². The van der Waals surface area contributed by atoms with Crippen LogP contribution in [-0.2, 0) is 16.1 Å². The lowest BCUT2D eigenvalue weighted by Crippen LogP contribution is -2.52. The molecule has 0 bridgehead atoms. The van der Waals surface area contributed by atoms with Crippen LogP contribution in [0.1, 0.15) is 35.2 Å². The summed E-state index contributed by atoms with van der Waals surface area (Å²) >= 11 is 0. The molecule has 3 amide bonds. The molecule has 25 heavy (non-hydrogen) atoms. The molecule has 2 saturated heterocycles. The van der Waals surface area contributed by atoms with E-state index in [0.717, 1.165) is 30.8 Å². The first-order valence-electron chi connectivity index (χ1n) is 8.74. The first-order valence-corrected chi connectivity index (χ1v) is 8.74. The first kappa shape index (κ1) is 16.1. The lowest BCUT2D eigenvalue weighted by molar-refractivity contribution is -0.136. The molecular formula is C18H22N4O3. The zero-order valence-corrected chi connectivity index (χ0v) is 14.2. The first-order chi connectivity index (χ1) is 12.0. The molecule has 0 radical (unpaired) electrons.